The molecule has 0 N–H and O–H groups in total. The fourth-order valence-corrected chi connectivity index (χ4v) is 3.11. The summed E-state index contributed by atoms with van der Waals surface area (Å²) >= 11 is 3.35. The first kappa shape index (κ1) is 14.2. The Bertz CT molecular complexity index is 576. The van der Waals surface area contributed by atoms with E-state index in [0.29, 0.717) is 18.4 Å². The van der Waals surface area contributed by atoms with E-state index < -0.39 is 10.8 Å². The molecule has 0 amide bonds. The van der Waals surface area contributed by atoms with Crippen LogP contribution < -0.4 is 0 Å². The van der Waals surface area contributed by atoms with Crippen molar-refractivity contribution >= 4 is 21.7 Å². The number of nitrogens with zero attached hydrogens (tertiary/aromatic N) is 1. The molecule has 19 heavy (non-hydrogen) atoms. The number of hydrogen-bond donors (Lipinski definition) is 0. The number of hydrogen-bond acceptors (Lipinski definition) is 2. The molecule has 1 unspecified atom stereocenters. The van der Waals surface area contributed by atoms with Crippen LogP contribution in [-0.2, 0) is 11.2 Å². The molecule has 1 aromatic rings. The van der Waals surface area contributed by atoms with E-state index in [1.54, 1.807) is 6.07 Å². The van der Waals surface area contributed by atoms with Gasteiger partial charge in [0.25, 0.3) is 0 Å². The molecule has 0 saturated heterocycles. The highest BCUT2D eigenvalue weighted by Crippen LogP contribution is 2.47. The van der Waals surface area contributed by atoms with Gasteiger partial charge in [0, 0.05) is 9.89 Å². The van der Waals surface area contributed by atoms with Crippen LogP contribution in [0.1, 0.15) is 32.3 Å². The molecule has 1 saturated carbocycles. The molecule has 4 heteroatoms. The summed E-state index contributed by atoms with van der Waals surface area (Å²) in [5, 5.41) is 9.46. The van der Waals surface area contributed by atoms with Crippen LogP contribution in [0.4, 0.5) is 4.39 Å². The van der Waals surface area contributed by atoms with Crippen molar-refractivity contribution in [3.05, 3.63) is 34.1 Å². The first-order valence-corrected chi connectivity index (χ1v) is 7.00. The lowest BCUT2D eigenvalue weighted by Gasteiger charge is -2.23. The molecule has 2 nitrogen and oxygen atoms in total. The van der Waals surface area contributed by atoms with E-state index in [0.717, 1.165) is 4.47 Å². The standard InChI is InChI=1S/C15H15BrFNO/c1-14(2)5-6-15(9-18,13(14)19)8-10-7-11(17)3-4-12(10)16/h3-4,7H,5-6,8H2,1-2H3. The predicted octanol–water partition coefficient (Wildman–Crippen LogP) is 4.03. The predicted molar refractivity (Wildman–Crippen MR) is 73.9 cm³/mol. The van der Waals surface area contributed by atoms with Crippen molar-refractivity contribution in [2.45, 2.75) is 33.1 Å². The topological polar surface area (TPSA) is 40.9 Å². The van der Waals surface area contributed by atoms with E-state index in [1.165, 1.54) is 12.1 Å². The lowest BCUT2D eigenvalue weighted by Crippen LogP contribution is -2.33. The number of carbonyl (C=O) groups excluding carboxylic acids is 1. The maximum atomic E-state index is 13.3. The summed E-state index contributed by atoms with van der Waals surface area (Å²) in [5.41, 5.74) is -0.803. The van der Waals surface area contributed by atoms with Crippen molar-refractivity contribution < 1.29 is 9.18 Å². The highest BCUT2D eigenvalue weighted by molar-refractivity contribution is 9.10. The van der Waals surface area contributed by atoms with E-state index in [9.17, 15) is 14.4 Å². The fraction of sp³-hybridized carbons (Fsp3) is 0.467. The van der Waals surface area contributed by atoms with Gasteiger partial charge < -0.3 is 0 Å². The van der Waals surface area contributed by atoms with Gasteiger partial charge in [0.2, 0.25) is 0 Å². The number of halogens is 2. The lowest BCUT2D eigenvalue weighted by atomic mass is 9.77. The zero-order valence-corrected chi connectivity index (χ0v) is 12.6. The van der Waals surface area contributed by atoms with Gasteiger partial charge in [-0.1, -0.05) is 29.8 Å². The third-order valence-electron chi connectivity index (χ3n) is 3.94. The average Bonchev–Trinajstić information content (AvgIpc) is 2.59. The van der Waals surface area contributed by atoms with Crippen LogP contribution >= 0.6 is 15.9 Å². The highest BCUT2D eigenvalue weighted by Gasteiger charge is 2.52. The lowest BCUT2D eigenvalue weighted by molar-refractivity contribution is -0.130. The monoisotopic (exact) mass is 323 g/mol. The van der Waals surface area contributed by atoms with Gasteiger partial charge in [-0.15, -0.1) is 0 Å². The zero-order chi connectivity index (χ0) is 14.3. The van der Waals surface area contributed by atoms with Crippen LogP contribution in [-0.4, -0.2) is 5.78 Å². The Labute approximate surface area is 120 Å². The van der Waals surface area contributed by atoms with Gasteiger partial charge in [0.05, 0.1) is 6.07 Å². The van der Waals surface area contributed by atoms with Gasteiger partial charge in [-0.25, -0.2) is 4.39 Å². The van der Waals surface area contributed by atoms with Crippen LogP contribution in [0.25, 0.3) is 0 Å². The van der Waals surface area contributed by atoms with Gasteiger partial charge in [0.15, 0.2) is 5.78 Å². The number of benzene rings is 1. The quantitative estimate of drug-likeness (QED) is 0.824. The van der Waals surface area contributed by atoms with Gasteiger partial charge in [-0.05, 0) is 43.0 Å². The zero-order valence-electron chi connectivity index (χ0n) is 11.0. The summed E-state index contributed by atoms with van der Waals surface area (Å²) in [4.78, 5) is 12.4. The third-order valence-corrected chi connectivity index (χ3v) is 4.71. The fourth-order valence-electron chi connectivity index (χ4n) is 2.72. The van der Waals surface area contributed by atoms with Crippen molar-refractivity contribution in [2.75, 3.05) is 0 Å². The average molecular weight is 324 g/mol. The first-order valence-electron chi connectivity index (χ1n) is 6.21. The van der Waals surface area contributed by atoms with Crippen molar-refractivity contribution in [3.63, 3.8) is 0 Å². The van der Waals surface area contributed by atoms with Crippen molar-refractivity contribution in [3.8, 4) is 6.07 Å². The molecule has 100 valence electrons. The highest BCUT2D eigenvalue weighted by atomic mass is 79.9. The Morgan fingerprint density at radius 2 is 2.11 bits per heavy atom. The minimum absolute atomic E-state index is 0.0290. The molecule has 1 aliphatic carbocycles. The molecule has 0 bridgehead atoms. The van der Waals surface area contributed by atoms with Gasteiger partial charge >= 0.3 is 0 Å². The molecule has 1 aliphatic rings. The summed E-state index contributed by atoms with van der Waals surface area (Å²) in [6, 6.07) is 6.54. The summed E-state index contributed by atoms with van der Waals surface area (Å²) in [6.45, 7) is 3.74. The van der Waals surface area contributed by atoms with Gasteiger partial charge in [0.1, 0.15) is 11.2 Å². The first-order chi connectivity index (χ1) is 8.81. The normalized spacial score (nSPS) is 25.3. The van der Waals surface area contributed by atoms with Crippen LogP contribution in [0.3, 0.4) is 0 Å². The number of carbonyl (C=O) groups is 1. The molecular formula is C15H15BrFNO. The van der Waals surface area contributed by atoms with Crippen LogP contribution in [0.2, 0.25) is 0 Å². The second kappa shape index (κ2) is 4.72. The number of Topliss-reactive ketones (excluding diaryl/α,β-unsaturated/α-hetero) is 1. The molecule has 0 aromatic heterocycles. The Hall–Kier alpha value is -1.21. The largest absolute Gasteiger partial charge is 0.297 e. The Morgan fingerprint density at radius 3 is 2.63 bits per heavy atom. The molecular weight excluding hydrogens is 309 g/mol. The molecule has 1 aromatic carbocycles. The second-order valence-corrected chi connectivity index (χ2v) is 6.67. The summed E-state index contributed by atoms with van der Waals surface area (Å²) in [5.74, 6) is -0.380. The van der Waals surface area contributed by atoms with Crippen LogP contribution in [0, 0.1) is 28.0 Å². The molecule has 1 atom stereocenters. The molecule has 1 fully saturated rings. The van der Waals surface area contributed by atoms with Crippen molar-refractivity contribution in [2.24, 2.45) is 10.8 Å². The molecule has 2 rings (SSSR count). The Morgan fingerprint density at radius 1 is 1.42 bits per heavy atom. The minimum Gasteiger partial charge on any atom is -0.297 e. The van der Waals surface area contributed by atoms with Crippen LogP contribution in [0.15, 0.2) is 22.7 Å². The minimum atomic E-state index is -1.01. The SMILES string of the molecule is CC1(C)CCC(C#N)(Cc2cc(F)ccc2Br)C1=O. The number of nitriles is 1. The van der Waals surface area contributed by atoms with E-state index in [1.807, 2.05) is 13.8 Å². The van der Waals surface area contributed by atoms with Crippen molar-refractivity contribution in [1.29, 1.82) is 5.26 Å². The van der Waals surface area contributed by atoms with E-state index in [-0.39, 0.29) is 18.0 Å². The number of rotatable bonds is 2. The number of ketones is 1. The van der Waals surface area contributed by atoms with E-state index >= 15 is 0 Å². The third kappa shape index (κ3) is 2.44. The molecule has 0 aliphatic heterocycles. The van der Waals surface area contributed by atoms with E-state index in [4.69, 9.17) is 0 Å². The smallest absolute Gasteiger partial charge is 0.158 e. The maximum absolute atomic E-state index is 13.3. The maximum Gasteiger partial charge on any atom is 0.158 e. The molecule has 0 radical (unpaired) electrons. The second-order valence-electron chi connectivity index (χ2n) is 5.82. The molecule has 0 heterocycles. The van der Waals surface area contributed by atoms with Gasteiger partial charge in [-0.3, -0.25) is 4.79 Å². The van der Waals surface area contributed by atoms with Crippen molar-refractivity contribution in [1.82, 2.24) is 0 Å². The summed E-state index contributed by atoms with van der Waals surface area (Å²) in [7, 11) is 0. The van der Waals surface area contributed by atoms with Gasteiger partial charge in [-0.2, -0.15) is 5.26 Å². The van der Waals surface area contributed by atoms with Crippen LogP contribution in [0.5, 0.6) is 0 Å². The Kier molecular flexibility index (Phi) is 3.53. The van der Waals surface area contributed by atoms with E-state index in [2.05, 4.69) is 22.0 Å². The molecule has 0 spiro atoms. The Balaban J connectivity index is 2.38. The summed E-state index contributed by atoms with van der Waals surface area (Å²) < 4.78 is 14.0. The summed E-state index contributed by atoms with van der Waals surface area (Å²) in [6.07, 6.45) is 1.51.